The van der Waals surface area contributed by atoms with Crippen LogP contribution in [0.15, 0.2) is 54.7 Å². The first-order chi connectivity index (χ1) is 10.8. The molecule has 0 spiro atoms. The Balaban J connectivity index is 1.69. The predicted octanol–water partition coefficient (Wildman–Crippen LogP) is 3.13. The van der Waals surface area contributed by atoms with Crippen molar-refractivity contribution < 1.29 is 0 Å². The van der Waals surface area contributed by atoms with Gasteiger partial charge in [0.25, 0.3) is 0 Å². The molecule has 3 aromatic rings. The Kier molecular flexibility index (Phi) is 4.56. The number of thiophene rings is 1. The third-order valence-electron chi connectivity index (χ3n) is 3.64. The van der Waals surface area contributed by atoms with E-state index in [1.165, 1.54) is 10.4 Å². The van der Waals surface area contributed by atoms with Gasteiger partial charge in [0, 0.05) is 25.8 Å². The second kappa shape index (κ2) is 6.77. The van der Waals surface area contributed by atoms with Gasteiger partial charge in [0.05, 0.1) is 15.6 Å². The van der Waals surface area contributed by atoms with E-state index in [0.717, 1.165) is 17.1 Å². The molecule has 1 atom stereocenters. The Morgan fingerprint density at radius 2 is 2.00 bits per heavy atom. The van der Waals surface area contributed by atoms with Gasteiger partial charge in [-0.2, -0.15) is 5.10 Å². The number of nitrogens with two attached hydrogens (primary N) is 1. The smallest absolute Gasteiger partial charge is 0.0892 e. The Bertz CT molecular complexity index is 717. The molecule has 0 saturated carbocycles. The van der Waals surface area contributed by atoms with E-state index in [0.29, 0.717) is 6.54 Å². The standard InChI is InChI=1S/C17H20N4S/c1-21-15(9-10-19-21)16-7-8-17(22-16)20-14(12-18)11-13-5-3-2-4-6-13/h2-10,14,20H,11-12,18H2,1H3. The number of hydrogen-bond acceptors (Lipinski definition) is 4. The maximum Gasteiger partial charge on any atom is 0.0892 e. The van der Waals surface area contributed by atoms with Gasteiger partial charge in [0.1, 0.15) is 0 Å². The number of aromatic nitrogens is 2. The number of aryl methyl sites for hydroxylation is 1. The highest BCUT2D eigenvalue weighted by Crippen LogP contribution is 2.31. The van der Waals surface area contributed by atoms with Crippen LogP contribution in [0.3, 0.4) is 0 Å². The Hall–Kier alpha value is -2.11. The van der Waals surface area contributed by atoms with E-state index in [-0.39, 0.29) is 6.04 Å². The molecule has 0 aliphatic rings. The molecule has 114 valence electrons. The van der Waals surface area contributed by atoms with Gasteiger partial charge < -0.3 is 11.1 Å². The molecule has 1 unspecified atom stereocenters. The molecule has 3 N–H and O–H groups in total. The van der Waals surface area contributed by atoms with Gasteiger partial charge in [-0.25, -0.2) is 0 Å². The van der Waals surface area contributed by atoms with Gasteiger partial charge >= 0.3 is 0 Å². The molecule has 1 aromatic carbocycles. The Morgan fingerprint density at radius 3 is 2.68 bits per heavy atom. The lowest BCUT2D eigenvalue weighted by atomic mass is 10.1. The van der Waals surface area contributed by atoms with Crippen LogP contribution in [0.2, 0.25) is 0 Å². The van der Waals surface area contributed by atoms with Gasteiger partial charge in [-0.15, -0.1) is 11.3 Å². The molecule has 4 nitrogen and oxygen atoms in total. The van der Waals surface area contributed by atoms with E-state index in [1.807, 2.05) is 30.1 Å². The number of anilines is 1. The summed E-state index contributed by atoms with van der Waals surface area (Å²) in [5.41, 5.74) is 8.35. The van der Waals surface area contributed by atoms with Crippen molar-refractivity contribution in [3.05, 3.63) is 60.3 Å². The summed E-state index contributed by atoms with van der Waals surface area (Å²) in [5.74, 6) is 0. The molecule has 5 heteroatoms. The van der Waals surface area contributed by atoms with Crippen molar-refractivity contribution in [2.45, 2.75) is 12.5 Å². The number of benzene rings is 1. The Morgan fingerprint density at radius 1 is 1.18 bits per heavy atom. The van der Waals surface area contributed by atoms with E-state index < -0.39 is 0 Å². The van der Waals surface area contributed by atoms with Crippen LogP contribution in [0.25, 0.3) is 10.6 Å². The lowest BCUT2D eigenvalue weighted by Crippen LogP contribution is -2.30. The summed E-state index contributed by atoms with van der Waals surface area (Å²) in [6.45, 7) is 0.605. The van der Waals surface area contributed by atoms with Crippen molar-refractivity contribution in [2.75, 3.05) is 11.9 Å². The molecule has 22 heavy (non-hydrogen) atoms. The van der Waals surface area contributed by atoms with Crippen LogP contribution in [-0.2, 0) is 13.5 Å². The zero-order valence-corrected chi connectivity index (χ0v) is 13.4. The van der Waals surface area contributed by atoms with Gasteiger partial charge in [-0.1, -0.05) is 30.3 Å². The molecule has 0 radical (unpaired) electrons. The van der Waals surface area contributed by atoms with Gasteiger partial charge in [-0.05, 0) is 30.2 Å². The molecule has 3 rings (SSSR count). The van der Waals surface area contributed by atoms with Crippen molar-refractivity contribution in [3.8, 4) is 10.6 Å². The SMILES string of the molecule is Cn1nccc1-c1ccc(NC(CN)Cc2ccccc2)s1. The van der Waals surface area contributed by atoms with Crippen LogP contribution < -0.4 is 11.1 Å². The van der Waals surface area contributed by atoms with Crippen LogP contribution in [-0.4, -0.2) is 22.4 Å². The summed E-state index contributed by atoms with van der Waals surface area (Å²) in [6, 6.07) is 16.9. The normalized spacial score (nSPS) is 12.3. The largest absolute Gasteiger partial charge is 0.373 e. The molecule has 0 fully saturated rings. The third kappa shape index (κ3) is 3.37. The first-order valence-corrected chi connectivity index (χ1v) is 8.16. The lowest BCUT2D eigenvalue weighted by molar-refractivity contribution is 0.726. The summed E-state index contributed by atoms with van der Waals surface area (Å²) in [7, 11) is 1.96. The van der Waals surface area contributed by atoms with Crippen molar-refractivity contribution in [1.29, 1.82) is 0 Å². The molecular weight excluding hydrogens is 292 g/mol. The fourth-order valence-electron chi connectivity index (χ4n) is 2.46. The van der Waals surface area contributed by atoms with Gasteiger partial charge in [-0.3, -0.25) is 4.68 Å². The molecule has 0 aliphatic heterocycles. The summed E-state index contributed by atoms with van der Waals surface area (Å²) in [4.78, 5) is 1.21. The minimum atomic E-state index is 0.237. The number of rotatable bonds is 6. The second-order valence-electron chi connectivity index (χ2n) is 5.27. The quantitative estimate of drug-likeness (QED) is 0.735. The fraction of sp³-hybridized carbons (Fsp3) is 0.235. The summed E-state index contributed by atoms with van der Waals surface area (Å²) in [5, 5.41) is 8.90. The van der Waals surface area contributed by atoms with Crippen molar-refractivity contribution in [3.63, 3.8) is 0 Å². The molecular formula is C17H20N4S. The highest BCUT2D eigenvalue weighted by Gasteiger charge is 2.11. The van der Waals surface area contributed by atoms with Crippen LogP contribution >= 0.6 is 11.3 Å². The van der Waals surface area contributed by atoms with E-state index >= 15 is 0 Å². The lowest BCUT2D eigenvalue weighted by Gasteiger charge is -2.16. The van der Waals surface area contributed by atoms with E-state index in [9.17, 15) is 0 Å². The highest BCUT2D eigenvalue weighted by molar-refractivity contribution is 7.19. The number of nitrogens with zero attached hydrogens (tertiary/aromatic N) is 2. The van der Waals surface area contributed by atoms with E-state index in [2.05, 4.69) is 46.8 Å². The monoisotopic (exact) mass is 312 g/mol. The van der Waals surface area contributed by atoms with Crippen molar-refractivity contribution >= 4 is 16.3 Å². The molecule has 0 saturated heterocycles. The third-order valence-corrected chi connectivity index (χ3v) is 4.67. The molecule has 0 aliphatic carbocycles. The molecule has 2 aromatic heterocycles. The number of hydrogen-bond donors (Lipinski definition) is 2. The van der Waals surface area contributed by atoms with Gasteiger partial charge in [0.15, 0.2) is 0 Å². The van der Waals surface area contributed by atoms with E-state index in [1.54, 1.807) is 11.3 Å². The minimum absolute atomic E-state index is 0.237. The van der Waals surface area contributed by atoms with Crippen LogP contribution in [0.5, 0.6) is 0 Å². The van der Waals surface area contributed by atoms with E-state index in [4.69, 9.17) is 5.73 Å². The highest BCUT2D eigenvalue weighted by atomic mass is 32.1. The molecule has 0 bridgehead atoms. The molecule has 0 amide bonds. The van der Waals surface area contributed by atoms with Crippen molar-refractivity contribution in [2.24, 2.45) is 12.8 Å². The average Bonchev–Trinajstić information content (AvgIpc) is 3.16. The molecule has 2 heterocycles. The second-order valence-corrected chi connectivity index (χ2v) is 6.35. The summed E-state index contributed by atoms with van der Waals surface area (Å²) in [6.07, 6.45) is 2.75. The average molecular weight is 312 g/mol. The summed E-state index contributed by atoms with van der Waals surface area (Å²) >= 11 is 1.73. The first-order valence-electron chi connectivity index (χ1n) is 7.35. The fourth-order valence-corrected chi connectivity index (χ4v) is 3.50. The topological polar surface area (TPSA) is 55.9 Å². The van der Waals surface area contributed by atoms with Crippen LogP contribution in [0.1, 0.15) is 5.56 Å². The summed E-state index contributed by atoms with van der Waals surface area (Å²) < 4.78 is 1.89. The minimum Gasteiger partial charge on any atom is -0.373 e. The van der Waals surface area contributed by atoms with Crippen molar-refractivity contribution in [1.82, 2.24) is 9.78 Å². The number of nitrogens with one attached hydrogen (secondary N) is 1. The first kappa shape index (κ1) is 14.8. The maximum atomic E-state index is 5.92. The predicted molar refractivity (Wildman–Crippen MR) is 93.1 cm³/mol. The van der Waals surface area contributed by atoms with Crippen LogP contribution in [0, 0.1) is 0 Å². The Labute approximate surface area is 134 Å². The van der Waals surface area contributed by atoms with Gasteiger partial charge in [0.2, 0.25) is 0 Å². The zero-order valence-electron chi connectivity index (χ0n) is 12.6. The zero-order chi connectivity index (χ0) is 15.4. The van der Waals surface area contributed by atoms with Crippen LogP contribution in [0.4, 0.5) is 5.00 Å². The maximum absolute atomic E-state index is 5.92.